The molecule has 1 aliphatic rings. The van der Waals surface area contributed by atoms with Gasteiger partial charge in [0.2, 0.25) is 10.0 Å². The fourth-order valence-corrected chi connectivity index (χ4v) is 6.69. The van der Waals surface area contributed by atoms with Gasteiger partial charge in [-0.2, -0.15) is 11.3 Å². The number of aliphatic carboxylic acids is 1. The number of carboxylic acids is 1. The van der Waals surface area contributed by atoms with Crippen molar-refractivity contribution in [3.63, 3.8) is 0 Å². The van der Waals surface area contributed by atoms with Gasteiger partial charge in [-0.1, -0.05) is 29.5 Å². The number of carbonyl (C=O) groups is 2. The van der Waals surface area contributed by atoms with E-state index < -0.39 is 32.6 Å². The molecule has 0 amide bonds. The highest BCUT2D eigenvalue weighted by atomic mass is 32.2. The first-order chi connectivity index (χ1) is 13.1. The molecule has 1 aliphatic heterocycles. The molecule has 1 aromatic carbocycles. The summed E-state index contributed by atoms with van der Waals surface area (Å²) in [6, 6.07) is 5.48. The molecule has 0 saturated carbocycles. The van der Waals surface area contributed by atoms with E-state index in [1.165, 1.54) is 30.4 Å². The lowest BCUT2D eigenvalue weighted by molar-refractivity contribution is -0.143. The largest absolute Gasteiger partial charge is 0.480 e. The van der Waals surface area contributed by atoms with Gasteiger partial charge >= 0.3 is 5.97 Å². The van der Waals surface area contributed by atoms with Crippen LogP contribution in [0.25, 0.3) is 4.91 Å². The number of thioether (sulfide) groups is 1. The predicted molar refractivity (Wildman–Crippen MR) is 111 cm³/mol. The van der Waals surface area contributed by atoms with Crippen molar-refractivity contribution in [3.05, 3.63) is 57.8 Å². The van der Waals surface area contributed by atoms with Crippen LogP contribution in [0.3, 0.4) is 0 Å². The smallest absolute Gasteiger partial charge is 0.329 e. The molecule has 2 heterocycles. The number of Topliss-reactive ketones (excluding diaryl/α,β-unsaturated/α-hetero) is 1. The minimum atomic E-state index is -4.04. The van der Waals surface area contributed by atoms with E-state index in [-0.39, 0.29) is 4.90 Å². The van der Waals surface area contributed by atoms with Crippen LogP contribution in [0.2, 0.25) is 0 Å². The average Bonchev–Trinajstić information content (AvgIpc) is 3.21. The van der Waals surface area contributed by atoms with Crippen molar-refractivity contribution < 1.29 is 23.1 Å². The highest BCUT2D eigenvalue weighted by molar-refractivity contribution is 8.11. The van der Waals surface area contributed by atoms with Gasteiger partial charge in [0, 0.05) is 4.91 Å². The highest BCUT2D eigenvalue weighted by Gasteiger charge is 2.56. The van der Waals surface area contributed by atoms with Crippen molar-refractivity contribution in [3.8, 4) is 0 Å². The van der Waals surface area contributed by atoms with E-state index in [1.54, 1.807) is 25.1 Å². The quantitative estimate of drug-likeness (QED) is 0.673. The Balaban J connectivity index is 2.07. The third-order valence-electron chi connectivity index (χ3n) is 4.58. The van der Waals surface area contributed by atoms with E-state index in [9.17, 15) is 23.1 Å². The van der Waals surface area contributed by atoms with Gasteiger partial charge in [0.15, 0.2) is 10.5 Å². The fraction of sp³-hybridized carbons (Fsp3) is 0.263. The van der Waals surface area contributed by atoms with Gasteiger partial charge in [0.25, 0.3) is 0 Å². The summed E-state index contributed by atoms with van der Waals surface area (Å²) in [5.74, 6) is -2.00. The molecule has 1 aromatic heterocycles. The van der Waals surface area contributed by atoms with Crippen molar-refractivity contribution in [1.29, 1.82) is 0 Å². The minimum Gasteiger partial charge on any atom is -0.480 e. The molecular formula is C19H19NO5S3. The lowest BCUT2D eigenvalue weighted by Gasteiger charge is -2.28. The summed E-state index contributed by atoms with van der Waals surface area (Å²) >= 11 is 2.31. The molecule has 6 nitrogen and oxygen atoms in total. The van der Waals surface area contributed by atoms with Crippen LogP contribution < -0.4 is 4.72 Å². The topological polar surface area (TPSA) is 101 Å². The number of thiophene rings is 1. The number of nitrogens with one attached hydrogen (secondary N) is 1. The molecule has 2 unspecified atom stereocenters. The predicted octanol–water partition coefficient (Wildman–Crippen LogP) is 3.21. The second-order valence-electron chi connectivity index (χ2n) is 6.61. The second-order valence-corrected chi connectivity index (χ2v) is 10.4. The molecule has 0 fully saturated rings. The molecule has 3 rings (SSSR count). The molecule has 148 valence electrons. The Labute approximate surface area is 171 Å². The number of rotatable bonds is 6. The molecule has 28 heavy (non-hydrogen) atoms. The Morgan fingerprint density at radius 1 is 1.21 bits per heavy atom. The van der Waals surface area contributed by atoms with Crippen LogP contribution in [0.15, 0.2) is 46.0 Å². The monoisotopic (exact) mass is 437 g/mol. The zero-order chi connectivity index (χ0) is 20.7. The van der Waals surface area contributed by atoms with Crippen LogP contribution in [0.4, 0.5) is 0 Å². The van der Waals surface area contributed by atoms with Gasteiger partial charge in [-0.25, -0.2) is 13.1 Å². The van der Waals surface area contributed by atoms with E-state index in [0.29, 0.717) is 10.5 Å². The summed E-state index contributed by atoms with van der Waals surface area (Å²) in [6.07, 6.45) is 1.52. The second kappa shape index (κ2) is 7.47. The average molecular weight is 438 g/mol. The molecule has 0 spiro atoms. The molecule has 0 aliphatic carbocycles. The lowest BCUT2D eigenvalue weighted by Crippen LogP contribution is -2.56. The van der Waals surface area contributed by atoms with Crippen LogP contribution in [-0.4, -0.2) is 36.1 Å². The Morgan fingerprint density at radius 2 is 1.93 bits per heavy atom. The number of benzene rings is 1. The summed E-state index contributed by atoms with van der Waals surface area (Å²) in [5.41, 5.74) is 2.22. The lowest BCUT2D eigenvalue weighted by atomic mass is 9.95. The molecule has 2 N–H and O–H groups in total. The highest BCUT2D eigenvalue weighted by Crippen LogP contribution is 2.48. The first-order valence-corrected chi connectivity index (χ1v) is 11.6. The summed E-state index contributed by atoms with van der Waals surface area (Å²) in [4.78, 5) is 25.1. The van der Waals surface area contributed by atoms with Crippen LogP contribution in [0.1, 0.15) is 23.6 Å². The molecule has 2 atom stereocenters. The minimum absolute atomic E-state index is 0.0586. The molecule has 0 bridgehead atoms. The van der Waals surface area contributed by atoms with Crippen LogP contribution in [-0.2, 0) is 19.6 Å². The maximum absolute atomic E-state index is 13.0. The standard InChI is InChI=1S/C19H19NO5S3/c1-11-4-5-16(12(2)8-11)28(24,25)20-17-9-15(14-6-7-26-10-14)27-19(17,13(3)21)18(22)23/h4-10,17,20H,1-3H3,(H,22,23). The zero-order valence-electron chi connectivity index (χ0n) is 15.4. The van der Waals surface area contributed by atoms with E-state index >= 15 is 0 Å². The molecular weight excluding hydrogens is 418 g/mol. The Bertz CT molecular complexity index is 1060. The Morgan fingerprint density at radius 3 is 2.46 bits per heavy atom. The molecule has 9 heteroatoms. The van der Waals surface area contributed by atoms with Crippen molar-refractivity contribution >= 4 is 49.8 Å². The maximum Gasteiger partial charge on any atom is 0.329 e. The molecule has 0 saturated heterocycles. The van der Waals surface area contributed by atoms with Crippen molar-refractivity contribution in [2.75, 3.05) is 0 Å². The Hall–Kier alpha value is -1.94. The number of carbonyl (C=O) groups excluding carboxylic acids is 1. The number of hydrogen-bond donors (Lipinski definition) is 2. The van der Waals surface area contributed by atoms with Gasteiger partial charge < -0.3 is 5.11 Å². The van der Waals surface area contributed by atoms with Crippen LogP contribution in [0, 0.1) is 13.8 Å². The van der Waals surface area contributed by atoms with Gasteiger partial charge in [-0.05, 0) is 60.9 Å². The number of ketones is 1. The third kappa shape index (κ3) is 3.55. The van der Waals surface area contributed by atoms with Crippen LogP contribution in [0.5, 0.6) is 0 Å². The number of carboxylic acid groups (broad SMARTS) is 1. The molecule has 0 radical (unpaired) electrons. The van der Waals surface area contributed by atoms with Gasteiger partial charge in [-0.3, -0.25) is 9.59 Å². The summed E-state index contributed by atoms with van der Waals surface area (Å²) in [5, 5.41) is 13.5. The van der Waals surface area contributed by atoms with Gasteiger partial charge in [-0.15, -0.1) is 0 Å². The SMILES string of the molecule is CC(=O)C1(C(=O)O)SC(c2ccsc2)=CC1NS(=O)(=O)c1ccc(C)cc1C. The van der Waals surface area contributed by atoms with Crippen molar-refractivity contribution in [1.82, 2.24) is 4.72 Å². The van der Waals surface area contributed by atoms with Gasteiger partial charge in [0.1, 0.15) is 0 Å². The zero-order valence-corrected chi connectivity index (χ0v) is 17.9. The Kier molecular flexibility index (Phi) is 5.55. The summed E-state index contributed by atoms with van der Waals surface area (Å²) < 4.78 is 26.5. The maximum atomic E-state index is 13.0. The third-order valence-corrected chi connectivity index (χ3v) is 8.49. The van der Waals surface area contributed by atoms with E-state index in [1.807, 2.05) is 17.7 Å². The van der Waals surface area contributed by atoms with Crippen LogP contribution >= 0.6 is 23.1 Å². The fourth-order valence-electron chi connectivity index (χ4n) is 3.17. The first kappa shape index (κ1) is 20.8. The molecule has 2 aromatic rings. The summed E-state index contributed by atoms with van der Waals surface area (Å²) in [6.45, 7) is 4.70. The normalized spacial score (nSPS) is 22.1. The number of sulfonamides is 1. The van der Waals surface area contributed by atoms with E-state index in [4.69, 9.17) is 0 Å². The van der Waals surface area contributed by atoms with Gasteiger partial charge in [0.05, 0.1) is 10.9 Å². The summed E-state index contributed by atoms with van der Waals surface area (Å²) in [7, 11) is -4.04. The number of hydrogen-bond acceptors (Lipinski definition) is 6. The van der Waals surface area contributed by atoms with E-state index in [0.717, 1.165) is 22.9 Å². The van der Waals surface area contributed by atoms with Crippen molar-refractivity contribution in [2.45, 2.75) is 36.5 Å². The van der Waals surface area contributed by atoms with E-state index in [2.05, 4.69) is 4.72 Å². The number of aryl methyl sites for hydroxylation is 2. The first-order valence-electron chi connectivity index (χ1n) is 8.35. The van der Waals surface area contributed by atoms with Crippen molar-refractivity contribution in [2.24, 2.45) is 0 Å².